The largest absolute Gasteiger partial charge is 0.861 e. The minimum absolute atomic E-state index is 0.0218. The summed E-state index contributed by atoms with van der Waals surface area (Å²) < 4.78 is 6.64. The second kappa shape index (κ2) is 10.0. The number of anilines is 1. The first-order chi connectivity index (χ1) is 15.9. The average Bonchev–Trinajstić information content (AvgIpc) is 3.39. The molecule has 0 fully saturated rings. The number of nitrogens with zero attached hydrogens (tertiary/aromatic N) is 5. The first-order valence-electron chi connectivity index (χ1n) is 10.1. The van der Waals surface area contributed by atoms with Gasteiger partial charge in [0.2, 0.25) is 5.27 Å². The summed E-state index contributed by atoms with van der Waals surface area (Å²) in [5.74, 6) is -0.602. The van der Waals surface area contributed by atoms with Crippen molar-refractivity contribution in [2.75, 3.05) is 10.7 Å². The van der Waals surface area contributed by atoms with Crippen LogP contribution in [0.15, 0.2) is 81.0 Å². The van der Waals surface area contributed by atoms with Crippen LogP contribution in [0.2, 0.25) is 5.02 Å². The molecule has 3 aromatic rings. The van der Waals surface area contributed by atoms with E-state index in [1.165, 1.54) is 4.90 Å². The standard InChI is InChI=1S/C23H20ClN5O3S/c1-15(2)28-13-21(32-27-28)26-20(30)14-33-23-25-19(12-16-8-10-17(24)11-9-16)22(31)29(23)18-6-4-3-5-7-18/h3-13,15H,14H2,1-2H3/b19-12+. The molecule has 33 heavy (non-hydrogen) atoms. The number of aromatic nitrogens is 2. The molecule has 0 bridgehead atoms. The fourth-order valence-electron chi connectivity index (χ4n) is 2.94. The number of rotatable bonds is 6. The van der Waals surface area contributed by atoms with Crippen molar-refractivity contribution < 1.29 is 19.1 Å². The summed E-state index contributed by atoms with van der Waals surface area (Å²) in [4.78, 5) is 23.1. The molecule has 8 nitrogen and oxygen atoms in total. The Morgan fingerprint density at radius 1 is 1.24 bits per heavy atom. The number of thioether (sulfide) groups is 1. The third-order valence-corrected chi connectivity index (χ3v) is 5.75. The van der Waals surface area contributed by atoms with Gasteiger partial charge in [0.05, 0.1) is 5.69 Å². The predicted octanol–water partition coefficient (Wildman–Crippen LogP) is 3.76. The molecule has 1 aromatic heterocycles. The summed E-state index contributed by atoms with van der Waals surface area (Å²) in [6, 6.07) is 16.3. The number of hydrogen-bond acceptors (Lipinski definition) is 7. The third kappa shape index (κ3) is 5.50. The van der Waals surface area contributed by atoms with Crippen LogP contribution in [0.4, 0.5) is 11.6 Å². The van der Waals surface area contributed by atoms with Gasteiger partial charge in [-0.1, -0.05) is 53.7 Å². The zero-order valence-electron chi connectivity index (χ0n) is 17.9. The lowest BCUT2D eigenvalue weighted by atomic mass is 10.2. The SMILES string of the molecule is CC(C)[n+]1cc(/N=C(/[O-])CSC2=N/C(=C/c3ccc(Cl)cc3)C(=O)N2c2ccccc2)on1. The highest BCUT2D eigenvalue weighted by atomic mass is 35.5. The molecule has 0 atom stereocenters. The van der Waals surface area contributed by atoms with Crippen molar-refractivity contribution in [3.05, 3.63) is 77.1 Å². The molecule has 168 valence electrons. The van der Waals surface area contributed by atoms with Gasteiger partial charge in [0.25, 0.3) is 12.1 Å². The molecule has 1 aliphatic rings. The van der Waals surface area contributed by atoms with E-state index in [2.05, 4.69) is 15.3 Å². The van der Waals surface area contributed by atoms with Crippen LogP contribution in [0.5, 0.6) is 0 Å². The highest BCUT2D eigenvalue weighted by Crippen LogP contribution is 2.29. The number of carbonyl (C=O) groups excluding carboxylic acids is 1. The Hall–Kier alpha value is -3.43. The molecule has 0 unspecified atom stereocenters. The average molecular weight is 482 g/mol. The van der Waals surface area contributed by atoms with Crippen molar-refractivity contribution in [2.24, 2.45) is 9.98 Å². The molecule has 0 saturated heterocycles. The van der Waals surface area contributed by atoms with Crippen LogP contribution in [0.3, 0.4) is 0 Å². The van der Waals surface area contributed by atoms with Gasteiger partial charge in [-0.2, -0.15) is 0 Å². The number of amides is 1. The molecule has 1 amide bonds. The number of para-hydroxylation sites is 1. The predicted molar refractivity (Wildman–Crippen MR) is 127 cm³/mol. The number of halogens is 1. The van der Waals surface area contributed by atoms with E-state index in [4.69, 9.17) is 16.1 Å². The van der Waals surface area contributed by atoms with Crippen molar-refractivity contribution in [3.63, 3.8) is 0 Å². The summed E-state index contributed by atoms with van der Waals surface area (Å²) in [5, 5.41) is 17.2. The summed E-state index contributed by atoms with van der Waals surface area (Å²) in [6.07, 6.45) is 3.25. The monoisotopic (exact) mass is 481 g/mol. The highest BCUT2D eigenvalue weighted by Gasteiger charge is 2.31. The van der Waals surface area contributed by atoms with Crippen molar-refractivity contribution in [1.29, 1.82) is 0 Å². The first-order valence-corrected chi connectivity index (χ1v) is 11.5. The fourth-order valence-corrected chi connectivity index (χ4v) is 3.86. The number of amidine groups is 1. The van der Waals surface area contributed by atoms with Gasteiger partial charge in [-0.15, -0.1) is 0 Å². The van der Waals surface area contributed by atoms with Gasteiger partial charge in [0.1, 0.15) is 5.70 Å². The fraction of sp³-hybridized carbons (Fsp3) is 0.174. The maximum atomic E-state index is 13.2. The zero-order chi connectivity index (χ0) is 23.4. The molecule has 0 spiro atoms. The van der Waals surface area contributed by atoms with Crippen LogP contribution >= 0.6 is 23.4 Å². The zero-order valence-corrected chi connectivity index (χ0v) is 19.5. The summed E-state index contributed by atoms with van der Waals surface area (Å²) in [7, 11) is 0. The van der Waals surface area contributed by atoms with Crippen LogP contribution in [-0.2, 0) is 4.79 Å². The van der Waals surface area contributed by atoms with Gasteiger partial charge >= 0.3 is 5.88 Å². The molecule has 2 aromatic carbocycles. The Morgan fingerprint density at radius 2 is 1.97 bits per heavy atom. The van der Waals surface area contributed by atoms with E-state index >= 15 is 0 Å². The van der Waals surface area contributed by atoms with Gasteiger partial charge < -0.3 is 5.11 Å². The van der Waals surface area contributed by atoms with E-state index in [-0.39, 0.29) is 29.3 Å². The molecule has 0 N–H and O–H groups in total. The molecule has 0 aliphatic carbocycles. The second-order valence-corrected chi connectivity index (χ2v) is 8.74. The molecule has 10 heteroatoms. The maximum Gasteiger partial charge on any atom is 0.320 e. The lowest BCUT2D eigenvalue weighted by Gasteiger charge is -2.18. The summed E-state index contributed by atoms with van der Waals surface area (Å²) in [6.45, 7) is 3.87. The summed E-state index contributed by atoms with van der Waals surface area (Å²) in [5.41, 5.74) is 1.72. The number of carbonyl (C=O) groups is 1. The molecular weight excluding hydrogens is 462 g/mol. The van der Waals surface area contributed by atoms with E-state index in [1.807, 2.05) is 44.2 Å². The second-order valence-electron chi connectivity index (χ2n) is 7.36. The van der Waals surface area contributed by atoms with E-state index in [0.717, 1.165) is 17.3 Å². The highest BCUT2D eigenvalue weighted by molar-refractivity contribution is 8.14. The van der Waals surface area contributed by atoms with Crippen LogP contribution in [0, 0.1) is 0 Å². The maximum absolute atomic E-state index is 13.2. The number of hydrogen-bond donors (Lipinski definition) is 0. The number of benzene rings is 2. The van der Waals surface area contributed by atoms with Crippen LogP contribution in [0.1, 0.15) is 25.5 Å². The minimum Gasteiger partial charge on any atom is -0.861 e. The van der Waals surface area contributed by atoms with E-state index in [0.29, 0.717) is 15.9 Å². The Labute approximate surface area is 199 Å². The lowest BCUT2D eigenvalue weighted by molar-refractivity contribution is -0.779. The Kier molecular flexibility index (Phi) is 6.90. The molecule has 1 aliphatic heterocycles. The van der Waals surface area contributed by atoms with Crippen LogP contribution in [-0.4, -0.2) is 28.0 Å². The Balaban J connectivity index is 1.57. The molecule has 2 heterocycles. The Morgan fingerprint density at radius 3 is 2.64 bits per heavy atom. The van der Waals surface area contributed by atoms with Crippen molar-refractivity contribution in [2.45, 2.75) is 19.9 Å². The van der Waals surface area contributed by atoms with E-state index in [1.54, 1.807) is 41.2 Å². The van der Waals surface area contributed by atoms with Gasteiger partial charge in [-0.05, 0) is 60.3 Å². The van der Waals surface area contributed by atoms with Gasteiger partial charge in [0.15, 0.2) is 11.2 Å². The quantitative estimate of drug-likeness (QED) is 0.231. The van der Waals surface area contributed by atoms with Gasteiger partial charge in [-0.3, -0.25) is 14.2 Å². The normalized spacial score (nSPS) is 15.6. The van der Waals surface area contributed by atoms with Crippen molar-refractivity contribution in [1.82, 2.24) is 5.27 Å². The molecule has 0 radical (unpaired) electrons. The Bertz CT molecular complexity index is 1240. The lowest BCUT2D eigenvalue weighted by Crippen LogP contribution is -2.36. The van der Waals surface area contributed by atoms with Crippen molar-refractivity contribution >= 4 is 58.0 Å². The first kappa shape index (κ1) is 22.8. The summed E-state index contributed by atoms with van der Waals surface area (Å²) >= 11 is 7.08. The van der Waals surface area contributed by atoms with Gasteiger partial charge in [0, 0.05) is 10.8 Å². The molecule has 4 rings (SSSR count). The number of aliphatic imine (C=N–C) groups is 2. The van der Waals surface area contributed by atoms with Crippen LogP contribution in [0.25, 0.3) is 6.08 Å². The minimum atomic E-state index is -0.426. The van der Waals surface area contributed by atoms with E-state index in [9.17, 15) is 9.90 Å². The topological polar surface area (TPSA) is 98.0 Å². The van der Waals surface area contributed by atoms with Crippen molar-refractivity contribution in [3.8, 4) is 0 Å². The molecule has 0 saturated carbocycles. The third-order valence-electron chi connectivity index (χ3n) is 4.58. The van der Waals surface area contributed by atoms with Crippen LogP contribution < -0.4 is 14.7 Å². The van der Waals surface area contributed by atoms with Gasteiger partial charge in [-0.25, -0.2) is 9.98 Å². The molecular formula is C23H20ClN5O3S. The smallest absolute Gasteiger partial charge is 0.320 e. The van der Waals surface area contributed by atoms with E-state index < -0.39 is 5.90 Å².